The van der Waals surface area contributed by atoms with Gasteiger partial charge in [-0.3, -0.25) is 14.2 Å². The number of benzene rings is 1. The van der Waals surface area contributed by atoms with Crippen molar-refractivity contribution >= 4 is 38.2 Å². The molecule has 0 radical (unpaired) electrons. The van der Waals surface area contributed by atoms with E-state index in [1.54, 1.807) is 19.2 Å². The van der Waals surface area contributed by atoms with Crippen molar-refractivity contribution in [3.8, 4) is 0 Å². The smallest absolute Gasteiger partial charge is 0.261 e. The quantitative estimate of drug-likeness (QED) is 0.794. The van der Waals surface area contributed by atoms with Crippen molar-refractivity contribution < 1.29 is 13.2 Å². The topological polar surface area (TPSA) is 89.3 Å². The van der Waals surface area contributed by atoms with Crippen LogP contribution in [0.5, 0.6) is 0 Å². The van der Waals surface area contributed by atoms with Crippen molar-refractivity contribution in [2.24, 2.45) is 0 Å². The molecule has 0 aliphatic carbocycles. The molecule has 1 amide bonds. The molecule has 1 saturated heterocycles. The lowest BCUT2D eigenvalue weighted by molar-refractivity contribution is -0.132. The van der Waals surface area contributed by atoms with E-state index in [0.29, 0.717) is 22.3 Å². The van der Waals surface area contributed by atoms with E-state index in [1.807, 2.05) is 0 Å². The number of carbonyl (C=O) groups is 1. The lowest BCUT2D eigenvalue weighted by atomic mass is 10.2. The third-order valence-electron chi connectivity index (χ3n) is 4.24. The molecule has 2 heterocycles. The van der Waals surface area contributed by atoms with Crippen molar-refractivity contribution in [1.29, 1.82) is 0 Å². The van der Waals surface area contributed by atoms with Crippen molar-refractivity contribution in [3.05, 3.63) is 39.9 Å². The van der Waals surface area contributed by atoms with E-state index in [4.69, 9.17) is 11.6 Å². The Morgan fingerprint density at radius 2 is 2.21 bits per heavy atom. The fourth-order valence-electron chi connectivity index (χ4n) is 2.79. The second-order valence-corrected chi connectivity index (χ2v) is 8.57. The standard InChI is InChI=1S/C15H16ClN3O4S/c1-18(11-4-5-24(22,23)8-11)14(20)7-19-9-17-13-3-2-10(16)6-12(13)15(19)21/h2-3,6,9,11H,4-5,7-8H2,1H3/t11-/m1/s1. The summed E-state index contributed by atoms with van der Waals surface area (Å²) in [6.45, 7) is -0.193. The maximum Gasteiger partial charge on any atom is 0.261 e. The third-order valence-corrected chi connectivity index (χ3v) is 6.23. The summed E-state index contributed by atoms with van der Waals surface area (Å²) in [5, 5.41) is 0.752. The molecule has 7 nitrogen and oxygen atoms in total. The molecule has 0 spiro atoms. The van der Waals surface area contributed by atoms with E-state index in [2.05, 4.69) is 4.98 Å². The van der Waals surface area contributed by atoms with Crippen LogP contribution < -0.4 is 5.56 Å². The Labute approximate surface area is 143 Å². The van der Waals surface area contributed by atoms with Gasteiger partial charge in [-0.05, 0) is 24.6 Å². The van der Waals surface area contributed by atoms with Gasteiger partial charge in [-0.15, -0.1) is 0 Å². The molecule has 1 atom stereocenters. The SMILES string of the molecule is CN(C(=O)Cn1cnc2ccc(Cl)cc2c1=O)[C@@H]1CCS(=O)(=O)C1. The minimum Gasteiger partial charge on any atom is -0.340 e. The predicted molar refractivity (Wildman–Crippen MR) is 90.8 cm³/mol. The second kappa shape index (κ2) is 6.18. The van der Waals surface area contributed by atoms with Gasteiger partial charge in [0.15, 0.2) is 9.84 Å². The first-order chi connectivity index (χ1) is 11.3. The Morgan fingerprint density at radius 3 is 2.88 bits per heavy atom. The fourth-order valence-corrected chi connectivity index (χ4v) is 4.73. The molecule has 1 fully saturated rings. The summed E-state index contributed by atoms with van der Waals surface area (Å²) in [5.41, 5.74) is 0.145. The van der Waals surface area contributed by atoms with Crippen LogP contribution in [-0.4, -0.2) is 53.4 Å². The van der Waals surface area contributed by atoms with Gasteiger partial charge in [-0.25, -0.2) is 13.4 Å². The predicted octanol–water partition coefficient (Wildman–Crippen LogP) is 0.695. The average molecular weight is 370 g/mol. The number of rotatable bonds is 3. The van der Waals surface area contributed by atoms with Crippen LogP contribution in [0.2, 0.25) is 5.02 Å². The van der Waals surface area contributed by atoms with Gasteiger partial charge in [0.25, 0.3) is 5.56 Å². The molecular weight excluding hydrogens is 354 g/mol. The zero-order chi connectivity index (χ0) is 17.5. The monoisotopic (exact) mass is 369 g/mol. The lowest BCUT2D eigenvalue weighted by Gasteiger charge is -2.23. The van der Waals surface area contributed by atoms with Gasteiger partial charge in [0, 0.05) is 18.1 Å². The molecule has 0 unspecified atom stereocenters. The first-order valence-corrected chi connectivity index (χ1v) is 9.57. The zero-order valence-corrected chi connectivity index (χ0v) is 14.5. The largest absolute Gasteiger partial charge is 0.340 e. The summed E-state index contributed by atoms with van der Waals surface area (Å²) in [6.07, 6.45) is 1.74. The van der Waals surface area contributed by atoms with Crippen LogP contribution in [0.15, 0.2) is 29.3 Å². The summed E-state index contributed by atoms with van der Waals surface area (Å²) in [4.78, 5) is 30.4. The van der Waals surface area contributed by atoms with Crippen molar-refractivity contribution in [2.45, 2.75) is 19.0 Å². The number of nitrogens with zero attached hydrogens (tertiary/aromatic N) is 3. The summed E-state index contributed by atoms with van der Waals surface area (Å²) in [5.74, 6) is -0.275. The third kappa shape index (κ3) is 3.29. The number of fused-ring (bicyclic) bond motifs is 1. The molecule has 1 aromatic heterocycles. The summed E-state index contributed by atoms with van der Waals surface area (Å²) in [6, 6.07) is 4.45. The van der Waals surface area contributed by atoms with Crippen LogP contribution in [0.25, 0.3) is 10.9 Å². The van der Waals surface area contributed by atoms with Crippen LogP contribution in [0.3, 0.4) is 0 Å². The summed E-state index contributed by atoms with van der Waals surface area (Å²) < 4.78 is 24.3. The number of hydrogen-bond acceptors (Lipinski definition) is 5. The Kier molecular flexibility index (Phi) is 4.35. The molecule has 0 saturated carbocycles. The van der Waals surface area contributed by atoms with Gasteiger partial charge in [0.1, 0.15) is 6.54 Å². The van der Waals surface area contributed by atoms with E-state index in [9.17, 15) is 18.0 Å². The van der Waals surface area contributed by atoms with Gasteiger partial charge >= 0.3 is 0 Å². The van der Waals surface area contributed by atoms with Crippen LogP contribution in [0.1, 0.15) is 6.42 Å². The van der Waals surface area contributed by atoms with E-state index >= 15 is 0 Å². The number of sulfone groups is 1. The first kappa shape index (κ1) is 16.9. The molecule has 24 heavy (non-hydrogen) atoms. The molecule has 1 aliphatic rings. The van der Waals surface area contributed by atoms with Gasteiger partial charge in [-0.1, -0.05) is 11.6 Å². The zero-order valence-electron chi connectivity index (χ0n) is 13.0. The second-order valence-electron chi connectivity index (χ2n) is 5.90. The van der Waals surface area contributed by atoms with Crippen LogP contribution >= 0.6 is 11.6 Å². The van der Waals surface area contributed by atoms with Crippen LogP contribution in [0.4, 0.5) is 0 Å². The van der Waals surface area contributed by atoms with Crippen LogP contribution in [0, 0.1) is 0 Å². The minimum absolute atomic E-state index is 0.0320. The summed E-state index contributed by atoms with van der Waals surface area (Å²) >= 11 is 5.90. The molecule has 2 aromatic rings. The maximum atomic E-state index is 12.5. The van der Waals surface area contributed by atoms with E-state index in [1.165, 1.54) is 21.9 Å². The number of hydrogen-bond donors (Lipinski definition) is 0. The van der Waals surface area contributed by atoms with Gasteiger partial charge < -0.3 is 4.90 Å². The highest BCUT2D eigenvalue weighted by Gasteiger charge is 2.32. The Morgan fingerprint density at radius 1 is 1.46 bits per heavy atom. The van der Waals surface area contributed by atoms with E-state index in [0.717, 1.165) is 0 Å². The normalized spacial score (nSPS) is 19.5. The average Bonchev–Trinajstić information content (AvgIpc) is 2.89. The number of halogens is 1. The van der Waals surface area contributed by atoms with Gasteiger partial charge in [0.05, 0.1) is 28.7 Å². The number of amides is 1. The molecule has 1 aliphatic heterocycles. The molecule has 0 N–H and O–H groups in total. The molecule has 9 heteroatoms. The fraction of sp³-hybridized carbons (Fsp3) is 0.400. The van der Waals surface area contributed by atoms with E-state index in [-0.39, 0.29) is 35.6 Å². The number of likely N-dealkylation sites (N-methyl/N-ethyl adjacent to an activating group) is 1. The highest BCUT2D eigenvalue weighted by Crippen LogP contribution is 2.17. The number of carbonyl (C=O) groups excluding carboxylic acids is 1. The highest BCUT2D eigenvalue weighted by atomic mass is 35.5. The first-order valence-electron chi connectivity index (χ1n) is 7.37. The van der Waals surface area contributed by atoms with Crippen LogP contribution in [-0.2, 0) is 21.2 Å². The van der Waals surface area contributed by atoms with Crippen molar-refractivity contribution in [1.82, 2.24) is 14.5 Å². The molecule has 1 aromatic carbocycles. The highest BCUT2D eigenvalue weighted by molar-refractivity contribution is 7.91. The Bertz CT molecular complexity index is 970. The van der Waals surface area contributed by atoms with Gasteiger partial charge in [-0.2, -0.15) is 0 Å². The Balaban J connectivity index is 1.83. The Hall–Kier alpha value is -1.93. The van der Waals surface area contributed by atoms with E-state index < -0.39 is 9.84 Å². The molecule has 0 bridgehead atoms. The lowest BCUT2D eigenvalue weighted by Crippen LogP contribution is -2.41. The van der Waals surface area contributed by atoms with Crippen molar-refractivity contribution in [2.75, 3.05) is 18.6 Å². The molecular formula is C15H16ClN3O4S. The maximum absolute atomic E-state index is 12.5. The van der Waals surface area contributed by atoms with Gasteiger partial charge in [0.2, 0.25) is 5.91 Å². The summed E-state index contributed by atoms with van der Waals surface area (Å²) in [7, 11) is -1.52. The number of aromatic nitrogens is 2. The molecule has 3 rings (SSSR count). The minimum atomic E-state index is -3.08. The molecule has 128 valence electrons. The van der Waals surface area contributed by atoms with Crippen molar-refractivity contribution in [3.63, 3.8) is 0 Å².